The minimum atomic E-state index is -0.890. The van der Waals surface area contributed by atoms with Gasteiger partial charge in [-0.05, 0) is 95.0 Å². The summed E-state index contributed by atoms with van der Waals surface area (Å²) in [6.07, 6.45) is 3.25. The SMILES string of the molecule is Cc1ccc(OCCCCN(C)C(=O)OC(C)(C)C)cc1CNC(=O)[C@H](CCc1ccccc1)NC(=O)CCCCC(=O)O. The van der Waals surface area contributed by atoms with Gasteiger partial charge in [0.25, 0.3) is 0 Å². The Kier molecular flexibility index (Phi) is 15.2. The van der Waals surface area contributed by atoms with E-state index in [1.54, 1.807) is 11.9 Å². The molecule has 0 bridgehead atoms. The second-order valence-corrected chi connectivity index (χ2v) is 12.0. The minimum absolute atomic E-state index is 0.0127. The second kappa shape index (κ2) is 18.6. The summed E-state index contributed by atoms with van der Waals surface area (Å²) in [6, 6.07) is 14.8. The summed E-state index contributed by atoms with van der Waals surface area (Å²) in [5.74, 6) is -0.749. The number of aliphatic carboxylic acids is 1. The first-order chi connectivity index (χ1) is 20.8. The molecule has 0 aliphatic rings. The van der Waals surface area contributed by atoms with Crippen molar-refractivity contribution >= 4 is 23.9 Å². The molecule has 0 radical (unpaired) electrons. The number of unbranched alkanes of at least 4 members (excludes halogenated alkanes) is 2. The third kappa shape index (κ3) is 14.9. The van der Waals surface area contributed by atoms with E-state index in [4.69, 9.17) is 14.6 Å². The van der Waals surface area contributed by atoms with Gasteiger partial charge < -0.3 is 30.1 Å². The van der Waals surface area contributed by atoms with Crippen LogP contribution in [0, 0.1) is 6.92 Å². The number of benzene rings is 2. The lowest BCUT2D eigenvalue weighted by atomic mass is 10.0. The lowest BCUT2D eigenvalue weighted by Gasteiger charge is -2.24. The second-order valence-electron chi connectivity index (χ2n) is 12.0. The Labute approximate surface area is 261 Å². The van der Waals surface area contributed by atoms with E-state index in [0.29, 0.717) is 44.6 Å². The van der Waals surface area contributed by atoms with Crippen LogP contribution in [0.15, 0.2) is 48.5 Å². The largest absolute Gasteiger partial charge is 0.494 e. The summed E-state index contributed by atoms with van der Waals surface area (Å²) in [5, 5.41) is 14.6. The normalized spacial score (nSPS) is 11.8. The van der Waals surface area contributed by atoms with Crippen molar-refractivity contribution in [3.63, 3.8) is 0 Å². The van der Waals surface area contributed by atoms with E-state index in [1.165, 1.54) is 0 Å². The van der Waals surface area contributed by atoms with Gasteiger partial charge in [0.2, 0.25) is 11.8 Å². The van der Waals surface area contributed by atoms with Crippen molar-refractivity contribution < 1.29 is 33.8 Å². The van der Waals surface area contributed by atoms with Gasteiger partial charge in [0, 0.05) is 33.0 Å². The lowest BCUT2D eigenvalue weighted by Crippen LogP contribution is -2.46. The molecule has 1 atom stereocenters. The highest BCUT2D eigenvalue weighted by Crippen LogP contribution is 2.18. The number of amides is 3. The lowest BCUT2D eigenvalue weighted by molar-refractivity contribution is -0.137. The zero-order valence-corrected chi connectivity index (χ0v) is 26.8. The molecule has 3 N–H and O–H groups in total. The molecule has 3 amide bonds. The van der Waals surface area contributed by atoms with Crippen LogP contribution in [0.1, 0.15) is 82.4 Å². The predicted molar refractivity (Wildman–Crippen MR) is 169 cm³/mol. The van der Waals surface area contributed by atoms with Crippen molar-refractivity contribution in [2.24, 2.45) is 0 Å². The first-order valence-corrected chi connectivity index (χ1v) is 15.3. The first kappa shape index (κ1) is 36.1. The van der Waals surface area contributed by atoms with Crippen molar-refractivity contribution in [2.45, 2.75) is 97.2 Å². The average molecular weight is 612 g/mol. The number of carboxylic acids is 1. The van der Waals surface area contributed by atoms with Gasteiger partial charge in [0.1, 0.15) is 17.4 Å². The van der Waals surface area contributed by atoms with Crippen LogP contribution >= 0.6 is 0 Å². The molecule has 10 heteroatoms. The van der Waals surface area contributed by atoms with Gasteiger partial charge in [0.05, 0.1) is 6.61 Å². The monoisotopic (exact) mass is 611 g/mol. The number of rotatable bonds is 18. The van der Waals surface area contributed by atoms with Crippen molar-refractivity contribution in [2.75, 3.05) is 20.2 Å². The van der Waals surface area contributed by atoms with Crippen molar-refractivity contribution in [1.29, 1.82) is 0 Å². The third-order valence-electron chi connectivity index (χ3n) is 6.90. The van der Waals surface area contributed by atoms with Crippen LogP contribution < -0.4 is 15.4 Å². The van der Waals surface area contributed by atoms with Crippen LogP contribution in [-0.4, -0.2) is 65.7 Å². The summed E-state index contributed by atoms with van der Waals surface area (Å²) in [7, 11) is 1.72. The summed E-state index contributed by atoms with van der Waals surface area (Å²) in [4.78, 5) is 50.2. The highest BCUT2D eigenvalue weighted by atomic mass is 16.6. The standard InChI is InChI=1S/C34H49N3O7/c1-25-17-19-28(43-22-12-11-21-37(5)33(42)44-34(2,3)4)23-27(25)24-35-32(41)29(20-18-26-13-7-6-8-14-26)36-30(38)15-9-10-16-31(39)40/h6-8,13-14,17,19,23,29H,9-12,15-16,18,20-22,24H2,1-5H3,(H,35,41)(H,36,38)(H,39,40)/t29-/m0/s1. The van der Waals surface area contributed by atoms with Gasteiger partial charge >= 0.3 is 12.1 Å². The molecular weight excluding hydrogens is 562 g/mol. The minimum Gasteiger partial charge on any atom is -0.494 e. The Bertz CT molecular complexity index is 1210. The van der Waals surface area contributed by atoms with Crippen LogP contribution in [0.2, 0.25) is 0 Å². The fourth-order valence-corrected chi connectivity index (χ4v) is 4.36. The number of hydrogen-bond donors (Lipinski definition) is 3. The van der Waals surface area contributed by atoms with E-state index in [0.717, 1.165) is 29.5 Å². The zero-order valence-electron chi connectivity index (χ0n) is 26.8. The van der Waals surface area contributed by atoms with E-state index >= 15 is 0 Å². The van der Waals surface area contributed by atoms with E-state index in [9.17, 15) is 19.2 Å². The summed E-state index contributed by atoms with van der Waals surface area (Å²) >= 11 is 0. The summed E-state index contributed by atoms with van der Waals surface area (Å²) < 4.78 is 11.3. The summed E-state index contributed by atoms with van der Waals surface area (Å²) in [5.41, 5.74) is 2.44. The predicted octanol–water partition coefficient (Wildman–Crippen LogP) is 5.40. The number of ether oxygens (including phenoxy) is 2. The molecule has 2 aromatic carbocycles. The smallest absolute Gasteiger partial charge is 0.410 e. The van der Waals surface area contributed by atoms with Crippen LogP contribution in [-0.2, 0) is 32.1 Å². The van der Waals surface area contributed by atoms with Crippen molar-refractivity contribution in [3.05, 3.63) is 65.2 Å². The maximum Gasteiger partial charge on any atom is 0.410 e. The highest BCUT2D eigenvalue weighted by Gasteiger charge is 2.21. The molecule has 10 nitrogen and oxygen atoms in total. The van der Waals surface area contributed by atoms with E-state index in [2.05, 4.69) is 10.6 Å². The van der Waals surface area contributed by atoms with E-state index in [1.807, 2.05) is 76.2 Å². The van der Waals surface area contributed by atoms with Crippen LogP contribution in [0.3, 0.4) is 0 Å². The summed E-state index contributed by atoms with van der Waals surface area (Å²) in [6.45, 7) is 8.80. The molecule has 0 aromatic heterocycles. The maximum atomic E-state index is 13.2. The fourth-order valence-electron chi connectivity index (χ4n) is 4.36. The Balaban J connectivity index is 1.89. The number of nitrogens with one attached hydrogen (secondary N) is 2. The molecule has 0 saturated heterocycles. The topological polar surface area (TPSA) is 134 Å². The number of carbonyl (C=O) groups is 4. The molecular formula is C34H49N3O7. The molecule has 2 rings (SSSR count). The number of carboxylic acid groups (broad SMARTS) is 1. The van der Waals surface area contributed by atoms with Gasteiger partial charge in [-0.3, -0.25) is 14.4 Å². The van der Waals surface area contributed by atoms with E-state index in [-0.39, 0.29) is 37.3 Å². The third-order valence-corrected chi connectivity index (χ3v) is 6.90. The zero-order chi connectivity index (χ0) is 32.5. The average Bonchev–Trinajstić information content (AvgIpc) is 2.96. The maximum absolute atomic E-state index is 13.2. The van der Waals surface area contributed by atoms with Crippen LogP contribution in [0.4, 0.5) is 4.79 Å². The van der Waals surface area contributed by atoms with Gasteiger partial charge in [-0.1, -0.05) is 36.4 Å². The Morgan fingerprint density at radius 3 is 2.34 bits per heavy atom. The molecule has 0 heterocycles. The van der Waals surface area contributed by atoms with Crippen LogP contribution in [0.25, 0.3) is 0 Å². The highest BCUT2D eigenvalue weighted by molar-refractivity contribution is 5.87. The number of hydrogen-bond acceptors (Lipinski definition) is 6. The molecule has 0 aliphatic carbocycles. The number of aryl methyl sites for hydroxylation is 2. The molecule has 2 aromatic rings. The molecule has 242 valence electrons. The van der Waals surface area contributed by atoms with Gasteiger partial charge in [-0.25, -0.2) is 4.79 Å². The molecule has 0 spiro atoms. The Hall–Kier alpha value is -4.08. The Morgan fingerprint density at radius 2 is 1.66 bits per heavy atom. The van der Waals surface area contributed by atoms with Gasteiger partial charge in [0.15, 0.2) is 0 Å². The molecule has 0 saturated carbocycles. The van der Waals surface area contributed by atoms with Gasteiger partial charge in [-0.15, -0.1) is 0 Å². The van der Waals surface area contributed by atoms with Crippen molar-refractivity contribution in [1.82, 2.24) is 15.5 Å². The van der Waals surface area contributed by atoms with E-state index < -0.39 is 17.6 Å². The molecule has 0 fully saturated rings. The Morgan fingerprint density at radius 1 is 0.955 bits per heavy atom. The van der Waals surface area contributed by atoms with Crippen LogP contribution in [0.5, 0.6) is 5.75 Å². The number of nitrogens with zero attached hydrogens (tertiary/aromatic N) is 1. The first-order valence-electron chi connectivity index (χ1n) is 15.3. The van der Waals surface area contributed by atoms with Crippen molar-refractivity contribution in [3.8, 4) is 5.75 Å². The molecule has 0 unspecified atom stereocenters. The number of carbonyl (C=O) groups excluding carboxylic acids is 3. The fraction of sp³-hybridized carbons (Fsp3) is 0.529. The quantitative estimate of drug-likeness (QED) is 0.192. The molecule has 0 aliphatic heterocycles. The molecule has 44 heavy (non-hydrogen) atoms. The van der Waals surface area contributed by atoms with Gasteiger partial charge in [-0.2, -0.15) is 0 Å².